The van der Waals surface area contributed by atoms with Crippen LogP contribution in [-0.4, -0.2) is 31.0 Å². The summed E-state index contributed by atoms with van der Waals surface area (Å²) >= 11 is 3.07. The van der Waals surface area contributed by atoms with Gasteiger partial charge in [-0.25, -0.2) is 4.79 Å². The van der Waals surface area contributed by atoms with Crippen LogP contribution in [0.2, 0.25) is 0 Å². The first-order valence-corrected chi connectivity index (χ1v) is 8.53. The molecule has 26 heavy (non-hydrogen) atoms. The van der Waals surface area contributed by atoms with E-state index in [1.54, 1.807) is 30.3 Å². The minimum absolute atomic E-state index is 0.0450. The molecule has 0 fully saturated rings. The Morgan fingerprint density at radius 1 is 1.08 bits per heavy atom. The lowest BCUT2D eigenvalue weighted by molar-refractivity contribution is -0.123. The zero-order valence-corrected chi connectivity index (χ0v) is 15.5. The van der Waals surface area contributed by atoms with E-state index in [1.165, 1.54) is 6.07 Å². The van der Waals surface area contributed by atoms with E-state index in [1.807, 2.05) is 6.92 Å². The van der Waals surface area contributed by atoms with Gasteiger partial charge in [0.15, 0.2) is 17.0 Å². The summed E-state index contributed by atoms with van der Waals surface area (Å²) in [6.45, 7) is 1.95. The highest BCUT2D eigenvalue weighted by Crippen LogP contribution is 2.14. The number of ether oxygens (including phenoxy) is 2. The van der Waals surface area contributed by atoms with Crippen molar-refractivity contribution in [2.45, 2.75) is 13.3 Å². The highest BCUT2D eigenvalue weighted by atomic mass is 79.9. The van der Waals surface area contributed by atoms with E-state index < -0.39 is 17.8 Å². The molecule has 8 nitrogen and oxygen atoms in total. The molecule has 2 N–H and O–H groups in total. The Balaban J connectivity index is 1.74. The molecule has 2 aromatic rings. The van der Waals surface area contributed by atoms with Crippen molar-refractivity contribution in [2.24, 2.45) is 0 Å². The molecular formula is C17H17BrN2O6. The van der Waals surface area contributed by atoms with Gasteiger partial charge in [0.1, 0.15) is 5.75 Å². The Labute approximate surface area is 157 Å². The third kappa shape index (κ3) is 5.92. The van der Waals surface area contributed by atoms with Gasteiger partial charge in [0.05, 0.1) is 12.2 Å². The molecule has 0 atom stereocenters. The zero-order valence-electron chi connectivity index (χ0n) is 13.9. The third-order valence-electron chi connectivity index (χ3n) is 3.01. The van der Waals surface area contributed by atoms with E-state index in [-0.39, 0.29) is 12.4 Å². The number of hydrogen-bond donors (Lipinski definition) is 2. The van der Waals surface area contributed by atoms with Crippen molar-refractivity contribution in [1.82, 2.24) is 10.9 Å². The number of hydrazine groups is 1. The fourth-order valence-corrected chi connectivity index (χ4v) is 2.08. The predicted octanol–water partition coefficient (Wildman–Crippen LogP) is 2.45. The SMILES string of the molecule is CCCOC(=O)c1ccc(OCC(=O)NNC(=O)c2ccc(Br)o2)cc1. The van der Waals surface area contributed by atoms with Crippen molar-refractivity contribution in [3.05, 3.63) is 52.4 Å². The number of esters is 1. The molecule has 0 spiro atoms. The molecule has 0 aliphatic carbocycles. The molecule has 9 heteroatoms. The van der Waals surface area contributed by atoms with E-state index in [4.69, 9.17) is 13.9 Å². The Morgan fingerprint density at radius 2 is 1.81 bits per heavy atom. The normalized spacial score (nSPS) is 10.1. The zero-order chi connectivity index (χ0) is 18.9. The van der Waals surface area contributed by atoms with E-state index in [0.717, 1.165) is 6.42 Å². The quantitative estimate of drug-likeness (QED) is 0.522. The third-order valence-corrected chi connectivity index (χ3v) is 3.44. The van der Waals surface area contributed by atoms with Crippen LogP contribution in [0, 0.1) is 0 Å². The summed E-state index contributed by atoms with van der Waals surface area (Å²) < 4.78 is 15.7. The van der Waals surface area contributed by atoms with Gasteiger partial charge in [0.25, 0.3) is 5.91 Å². The van der Waals surface area contributed by atoms with Crippen LogP contribution in [0.5, 0.6) is 5.75 Å². The number of carbonyl (C=O) groups is 3. The maximum atomic E-state index is 11.7. The molecule has 0 aliphatic heterocycles. The number of amides is 2. The van der Waals surface area contributed by atoms with Gasteiger partial charge >= 0.3 is 11.9 Å². The topological polar surface area (TPSA) is 107 Å². The Kier molecular flexibility index (Phi) is 7.22. The summed E-state index contributed by atoms with van der Waals surface area (Å²) in [6, 6.07) is 9.20. The standard InChI is InChI=1S/C17H17BrN2O6/c1-2-9-24-17(23)11-3-5-12(6-4-11)25-10-15(21)19-20-16(22)13-7-8-14(18)26-13/h3-8H,2,9-10H2,1H3,(H,19,21)(H,20,22). The molecule has 0 saturated heterocycles. The van der Waals surface area contributed by atoms with Crippen molar-refractivity contribution in [3.63, 3.8) is 0 Å². The first-order valence-electron chi connectivity index (χ1n) is 7.74. The van der Waals surface area contributed by atoms with Crippen molar-refractivity contribution in [2.75, 3.05) is 13.2 Å². The smallest absolute Gasteiger partial charge is 0.338 e. The van der Waals surface area contributed by atoms with Crippen molar-refractivity contribution in [3.8, 4) is 5.75 Å². The molecule has 0 bridgehead atoms. The van der Waals surface area contributed by atoms with Crippen LogP contribution in [-0.2, 0) is 9.53 Å². The lowest BCUT2D eigenvalue weighted by Crippen LogP contribution is -2.43. The van der Waals surface area contributed by atoms with E-state index in [9.17, 15) is 14.4 Å². The number of halogens is 1. The number of carbonyl (C=O) groups excluding carboxylic acids is 3. The Bertz CT molecular complexity index is 772. The molecule has 0 radical (unpaired) electrons. The second kappa shape index (κ2) is 9.62. The molecule has 2 amide bonds. The number of furan rings is 1. The van der Waals surface area contributed by atoms with Crippen LogP contribution in [0.1, 0.15) is 34.3 Å². The minimum atomic E-state index is -0.598. The van der Waals surface area contributed by atoms with E-state index in [0.29, 0.717) is 22.6 Å². The van der Waals surface area contributed by atoms with E-state index in [2.05, 4.69) is 26.8 Å². The summed E-state index contributed by atoms with van der Waals surface area (Å²) in [7, 11) is 0. The highest BCUT2D eigenvalue weighted by Gasteiger charge is 2.12. The Hall–Kier alpha value is -2.81. The fourth-order valence-electron chi connectivity index (χ4n) is 1.77. The first-order chi connectivity index (χ1) is 12.5. The van der Waals surface area contributed by atoms with E-state index >= 15 is 0 Å². The van der Waals surface area contributed by atoms with Crippen LogP contribution in [0.25, 0.3) is 0 Å². The van der Waals surface area contributed by atoms with Gasteiger partial charge in [0, 0.05) is 0 Å². The van der Waals surface area contributed by atoms with Crippen LogP contribution in [0.15, 0.2) is 45.5 Å². The average Bonchev–Trinajstić information content (AvgIpc) is 3.09. The molecule has 1 aromatic heterocycles. The maximum Gasteiger partial charge on any atom is 0.338 e. The van der Waals surface area contributed by atoms with Crippen molar-refractivity contribution < 1.29 is 28.3 Å². The van der Waals surface area contributed by atoms with Crippen LogP contribution in [0.4, 0.5) is 0 Å². The largest absolute Gasteiger partial charge is 0.484 e. The molecular weight excluding hydrogens is 408 g/mol. The van der Waals surface area contributed by atoms with Gasteiger partial charge in [-0.3, -0.25) is 20.4 Å². The van der Waals surface area contributed by atoms with Gasteiger partial charge in [-0.15, -0.1) is 0 Å². The monoisotopic (exact) mass is 424 g/mol. The highest BCUT2D eigenvalue weighted by molar-refractivity contribution is 9.10. The second-order valence-corrected chi connectivity index (χ2v) is 5.84. The fraction of sp³-hybridized carbons (Fsp3) is 0.235. The van der Waals surface area contributed by atoms with Gasteiger partial charge in [-0.05, 0) is 58.7 Å². The van der Waals surface area contributed by atoms with Gasteiger partial charge in [-0.1, -0.05) is 6.92 Å². The number of rotatable bonds is 7. The molecule has 2 rings (SSSR count). The van der Waals surface area contributed by atoms with Crippen LogP contribution in [0.3, 0.4) is 0 Å². The van der Waals surface area contributed by atoms with Gasteiger partial charge < -0.3 is 13.9 Å². The second-order valence-electron chi connectivity index (χ2n) is 5.06. The molecule has 0 saturated carbocycles. The average molecular weight is 425 g/mol. The molecule has 1 aromatic carbocycles. The summed E-state index contributed by atoms with van der Waals surface area (Å²) in [5, 5.41) is 0. The van der Waals surface area contributed by atoms with Crippen LogP contribution >= 0.6 is 15.9 Å². The molecule has 138 valence electrons. The summed E-state index contributed by atoms with van der Waals surface area (Å²) in [5.41, 5.74) is 4.79. The summed E-state index contributed by atoms with van der Waals surface area (Å²) in [6.07, 6.45) is 0.746. The number of nitrogens with one attached hydrogen (secondary N) is 2. The minimum Gasteiger partial charge on any atom is -0.484 e. The van der Waals surface area contributed by atoms with Gasteiger partial charge in [0.2, 0.25) is 0 Å². The predicted molar refractivity (Wildman–Crippen MR) is 94.5 cm³/mol. The first kappa shape index (κ1) is 19.5. The van der Waals surface area contributed by atoms with Gasteiger partial charge in [-0.2, -0.15) is 0 Å². The summed E-state index contributed by atoms with van der Waals surface area (Å²) in [5.74, 6) is -1.13. The molecule has 0 unspecified atom stereocenters. The summed E-state index contributed by atoms with van der Waals surface area (Å²) in [4.78, 5) is 35.0. The number of hydrogen-bond acceptors (Lipinski definition) is 6. The molecule has 1 heterocycles. The van der Waals surface area contributed by atoms with Crippen molar-refractivity contribution >= 4 is 33.7 Å². The molecule has 0 aliphatic rings. The van der Waals surface area contributed by atoms with Crippen molar-refractivity contribution in [1.29, 1.82) is 0 Å². The maximum absolute atomic E-state index is 11.7. The number of benzene rings is 1. The lowest BCUT2D eigenvalue weighted by atomic mass is 10.2. The lowest BCUT2D eigenvalue weighted by Gasteiger charge is -2.08. The van der Waals surface area contributed by atoms with Crippen LogP contribution < -0.4 is 15.6 Å². The Morgan fingerprint density at radius 3 is 2.42 bits per heavy atom.